The van der Waals surface area contributed by atoms with E-state index < -0.39 is 0 Å². The Morgan fingerprint density at radius 2 is 1.70 bits per heavy atom. The lowest BCUT2D eigenvalue weighted by atomic mass is 10.1. The summed E-state index contributed by atoms with van der Waals surface area (Å²) in [6.07, 6.45) is 1.99. The molecule has 2 aromatic carbocycles. The smallest absolute Gasteiger partial charge is 0.264 e. The van der Waals surface area contributed by atoms with E-state index in [0.29, 0.717) is 26.5 Å². The minimum absolute atomic E-state index is 0.0242. The van der Waals surface area contributed by atoms with E-state index in [2.05, 4.69) is 16.8 Å². The van der Waals surface area contributed by atoms with Gasteiger partial charge in [0.1, 0.15) is 0 Å². The zero-order chi connectivity index (χ0) is 21.3. The van der Waals surface area contributed by atoms with E-state index in [9.17, 15) is 4.79 Å². The van der Waals surface area contributed by atoms with Crippen LogP contribution in [0.4, 0.5) is 11.4 Å². The Hall–Kier alpha value is -1.37. The maximum Gasteiger partial charge on any atom is 0.264 e. The number of nitrogens with zero attached hydrogens (tertiary/aromatic N) is 3. The Labute approximate surface area is 196 Å². The van der Waals surface area contributed by atoms with Gasteiger partial charge in [-0.05, 0) is 49.0 Å². The summed E-state index contributed by atoms with van der Waals surface area (Å²) in [5.41, 5.74) is 2.84. The van der Waals surface area contributed by atoms with E-state index in [4.69, 9.17) is 34.8 Å². The number of rotatable bonds is 3. The first-order valence-electron chi connectivity index (χ1n) is 9.77. The number of anilines is 2. The van der Waals surface area contributed by atoms with Gasteiger partial charge in [-0.2, -0.15) is 0 Å². The van der Waals surface area contributed by atoms with Crippen molar-refractivity contribution in [3.05, 3.63) is 61.9 Å². The van der Waals surface area contributed by atoms with Gasteiger partial charge >= 0.3 is 0 Å². The first-order chi connectivity index (χ1) is 14.4. The summed E-state index contributed by atoms with van der Waals surface area (Å²) in [4.78, 5) is 20.4. The summed E-state index contributed by atoms with van der Waals surface area (Å²) in [5.74, 6) is 0.791. The number of halogens is 3. The predicted octanol–water partition coefficient (Wildman–Crippen LogP) is 5.52. The van der Waals surface area contributed by atoms with E-state index >= 15 is 0 Å². The van der Waals surface area contributed by atoms with Crippen LogP contribution in [-0.2, 0) is 4.79 Å². The lowest BCUT2D eigenvalue weighted by Crippen LogP contribution is -2.44. The highest BCUT2D eigenvalue weighted by Gasteiger charge is 2.26. The average Bonchev–Trinajstić information content (AvgIpc) is 2.73. The number of thioether (sulfide) groups is 1. The Balaban J connectivity index is 1.64. The quantitative estimate of drug-likeness (QED) is 0.538. The van der Waals surface area contributed by atoms with Crippen molar-refractivity contribution < 1.29 is 4.79 Å². The monoisotopic (exact) mass is 481 g/mol. The second-order valence-corrected chi connectivity index (χ2v) is 9.79. The molecule has 2 aromatic rings. The molecule has 1 amide bonds. The fraction of sp³-hybridized carbons (Fsp3) is 0.318. The highest BCUT2D eigenvalue weighted by atomic mass is 35.5. The minimum Gasteiger partial charge on any atom is -0.368 e. The summed E-state index contributed by atoms with van der Waals surface area (Å²) in [7, 11) is 2.13. The summed E-state index contributed by atoms with van der Waals surface area (Å²) in [5, 5.41) is 1.62. The minimum atomic E-state index is -0.0242. The van der Waals surface area contributed by atoms with Crippen molar-refractivity contribution in [2.24, 2.45) is 0 Å². The summed E-state index contributed by atoms with van der Waals surface area (Å²) in [6.45, 7) is 4.50. The lowest BCUT2D eigenvalue weighted by Gasteiger charge is -2.35. The zero-order valence-electron chi connectivity index (χ0n) is 16.6. The molecule has 8 heteroatoms. The molecule has 0 saturated carbocycles. The Morgan fingerprint density at radius 1 is 0.933 bits per heavy atom. The van der Waals surface area contributed by atoms with Gasteiger partial charge in [-0.3, -0.25) is 4.79 Å². The van der Waals surface area contributed by atoms with Gasteiger partial charge in [-0.1, -0.05) is 40.9 Å². The maximum atomic E-state index is 13.2. The van der Waals surface area contributed by atoms with Crippen molar-refractivity contribution in [1.29, 1.82) is 0 Å². The first-order valence-corrected chi connectivity index (χ1v) is 11.9. The third-order valence-corrected chi connectivity index (χ3v) is 7.33. The lowest BCUT2D eigenvalue weighted by molar-refractivity contribution is -0.114. The zero-order valence-corrected chi connectivity index (χ0v) is 19.7. The Bertz CT molecular complexity index is 990. The second-order valence-electron chi connectivity index (χ2n) is 7.41. The highest BCUT2D eigenvalue weighted by Crippen LogP contribution is 2.35. The van der Waals surface area contributed by atoms with Gasteiger partial charge in [0.2, 0.25) is 0 Å². The van der Waals surface area contributed by atoms with E-state index in [1.807, 2.05) is 30.3 Å². The largest absolute Gasteiger partial charge is 0.368 e. The summed E-state index contributed by atoms with van der Waals surface area (Å²) < 4.78 is 0. The Morgan fingerprint density at radius 3 is 2.43 bits per heavy atom. The van der Waals surface area contributed by atoms with Crippen molar-refractivity contribution in [1.82, 2.24) is 4.90 Å². The molecule has 30 heavy (non-hydrogen) atoms. The topological polar surface area (TPSA) is 26.8 Å². The van der Waals surface area contributed by atoms with Gasteiger partial charge in [-0.25, -0.2) is 0 Å². The first kappa shape index (κ1) is 21.8. The van der Waals surface area contributed by atoms with Crippen LogP contribution in [0.25, 0.3) is 6.08 Å². The van der Waals surface area contributed by atoms with Crippen LogP contribution in [0.15, 0.2) is 41.3 Å². The number of likely N-dealkylation sites (N-methyl/N-ethyl adjacent to an activating group) is 1. The number of hydrogen-bond acceptors (Lipinski definition) is 4. The molecule has 0 aromatic heterocycles. The van der Waals surface area contributed by atoms with Crippen molar-refractivity contribution >= 4 is 69.9 Å². The van der Waals surface area contributed by atoms with Crippen molar-refractivity contribution in [3.63, 3.8) is 0 Å². The molecule has 2 heterocycles. The third-order valence-electron chi connectivity index (χ3n) is 5.37. The predicted molar refractivity (Wildman–Crippen MR) is 130 cm³/mol. The van der Waals surface area contributed by atoms with Crippen LogP contribution in [0.1, 0.15) is 5.56 Å². The van der Waals surface area contributed by atoms with Gasteiger partial charge in [-0.15, -0.1) is 11.8 Å². The number of piperazine rings is 1. The van der Waals surface area contributed by atoms with Crippen LogP contribution < -0.4 is 9.80 Å². The van der Waals surface area contributed by atoms with Crippen LogP contribution in [-0.4, -0.2) is 56.3 Å². The molecule has 0 spiro atoms. The molecule has 4 rings (SSSR count). The normalized spacial score (nSPS) is 19.6. The van der Waals surface area contributed by atoms with Gasteiger partial charge in [0.25, 0.3) is 5.91 Å². The van der Waals surface area contributed by atoms with Crippen LogP contribution in [0.5, 0.6) is 0 Å². The molecular weight excluding hydrogens is 461 g/mol. The second kappa shape index (κ2) is 9.41. The highest BCUT2D eigenvalue weighted by molar-refractivity contribution is 8.04. The molecule has 4 nitrogen and oxygen atoms in total. The number of benzene rings is 2. The molecule has 0 atom stereocenters. The van der Waals surface area contributed by atoms with E-state index in [1.165, 1.54) is 0 Å². The van der Waals surface area contributed by atoms with Crippen LogP contribution in [0.2, 0.25) is 15.1 Å². The molecule has 0 aliphatic carbocycles. The van der Waals surface area contributed by atoms with E-state index in [-0.39, 0.29) is 5.91 Å². The SMILES string of the molecule is CN1CCN(c2cc(Cl)ccc2/C=C2/SCCN(c3ccc(Cl)c(Cl)c3)C2=O)CC1. The van der Waals surface area contributed by atoms with Crippen LogP contribution in [0, 0.1) is 0 Å². The maximum absolute atomic E-state index is 13.2. The molecule has 0 N–H and O–H groups in total. The molecule has 2 aliphatic rings. The number of hydrogen-bond donors (Lipinski definition) is 0. The van der Waals surface area contributed by atoms with Gasteiger partial charge < -0.3 is 14.7 Å². The van der Waals surface area contributed by atoms with Crippen LogP contribution >= 0.6 is 46.6 Å². The van der Waals surface area contributed by atoms with Gasteiger partial charge in [0.05, 0.1) is 15.0 Å². The third kappa shape index (κ3) is 4.76. The van der Waals surface area contributed by atoms with Crippen LogP contribution in [0.3, 0.4) is 0 Å². The van der Waals surface area contributed by atoms with Gasteiger partial charge in [0.15, 0.2) is 0 Å². The molecule has 2 aliphatic heterocycles. The molecule has 0 unspecified atom stereocenters. The molecular formula is C22H22Cl3N3OS. The van der Waals surface area contributed by atoms with E-state index in [0.717, 1.165) is 48.9 Å². The molecule has 158 valence electrons. The van der Waals surface area contributed by atoms with Crippen molar-refractivity contribution in [2.45, 2.75) is 0 Å². The number of carbonyl (C=O) groups excluding carboxylic acids is 1. The Kier molecular flexibility index (Phi) is 6.85. The molecule has 0 radical (unpaired) electrons. The van der Waals surface area contributed by atoms with Gasteiger partial charge in [0, 0.05) is 54.9 Å². The number of carbonyl (C=O) groups is 1. The number of amides is 1. The summed E-state index contributed by atoms with van der Waals surface area (Å²) >= 11 is 20.1. The van der Waals surface area contributed by atoms with Crippen molar-refractivity contribution in [2.75, 3.05) is 55.3 Å². The van der Waals surface area contributed by atoms with E-state index in [1.54, 1.807) is 28.8 Å². The van der Waals surface area contributed by atoms with Crippen molar-refractivity contribution in [3.8, 4) is 0 Å². The molecule has 2 fully saturated rings. The average molecular weight is 483 g/mol. The molecule has 0 bridgehead atoms. The summed E-state index contributed by atoms with van der Waals surface area (Å²) in [6, 6.07) is 11.2. The fourth-order valence-corrected chi connectivity index (χ4v) is 5.04. The fourth-order valence-electron chi connectivity index (χ4n) is 3.65. The molecule has 2 saturated heterocycles. The standard InChI is InChI=1S/C22H22Cl3N3OS/c1-26-6-8-27(9-7-26)20-13-16(23)3-2-15(20)12-21-22(29)28(10-11-30-21)17-4-5-18(24)19(25)14-17/h2-5,12-14H,6-11H2,1H3/b21-12+.